The highest BCUT2D eigenvalue weighted by molar-refractivity contribution is 6.05. The van der Waals surface area contributed by atoms with Crippen LogP contribution in [0.15, 0.2) is 30.4 Å². The van der Waals surface area contributed by atoms with Gasteiger partial charge < -0.3 is 14.8 Å². The molecule has 7 heteroatoms. The summed E-state index contributed by atoms with van der Waals surface area (Å²) in [6, 6.07) is 5.36. The first-order valence-electron chi connectivity index (χ1n) is 10.5. The Morgan fingerprint density at radius 2 is 1.87 bits per heavy atom. The second-order valence-electron chi connectivity index (χ2n) is 8.82. The molecule has 3 atom stereocenters. The maximum atomic E-state index is 12.7. The Hall–Kier alpha value is -2.83. The summed E-state index contributed by atoms with van der Waals surface area (Å²) >= 11 is 0. The predicted molar refractivity (Wildman–Crippen MR) is 110 cm³/mol. The number of nitrogens with one attached hydrogen (secondary N) is 1. The summed E-state index contributed by atoms with van der Waals surface area (Å²) in [6.07, 6.45) is 5.84. The summed E-state index contributed by atoms with van der Waals surface area (Å²) in [7, 11) is 1.60. The van der Waals surface area contributed by atoms with Crippen molar-refractivity contribution in [3.63, 3.8) is 0 Å². The molecule has 0 radical (unpaired) electrons. The van der Waals surface area contributed by atoms with Crippen LogP contribution in [-0.4, -0.2) is 41.9 Å². The molecule has 1 aromatic rings. The van der Waals surface area contributed by atoms with Crippen LogP contribution in [0.5, 0.6) is 11.5 Å². The molecule has 7 nitrogen and oxygen atoms in total. The summed E-state index contributed by atoms with van der Waals surface area (Å²) in [5.41, 5.74) is 0.454. The van der Waals surface area contributed by atoms with Crippen LogP contribution in [0.25, 0.3) is 0 Å². The third-order valence-electron chi connectivity index (χ3n) is 6.17. The molecule has 0 bridgehead atoms. The average Bonchev–Trinajstić information content (AvgIpc) is 2.95. The van der Waals surface area contributed by atoms with Gasteiger partial charge in [-0.2, -0.15) is 0 Å². The van der Waals surface area contributed by atoms with Crippen LogP contribution in [-0.2, 0) is 14.4 Å². The lowest BCUT2D eigenvalue weighted by Crippen LogP contribution is -2.42. The van der Waals surface area contributed by atoms with Crippen molar-refractivity contribution in [2.45, 2.75) is 51.2 Å². The van der Waals surface area contributed by atoms with Gasteiger partial charge in [0.15, 0.2) is 0 Å². The number of hydrogen-bond donors (Lipinski definition) is 1. The maximum Gasteiger partial charge on any atom is 0.233 e. The van der Waals surface area contributed by atoms with E-state index in [0.29, 0.717) is 30.8 Å². The third kappa shape index (κ3) is 3.80. The Balaban J connectivity index is 1.41. The van der Waals surface area contributed by atoms with Gasteiger partial charge in [0.2, 0.25) is 17.7 Å². The van der Waals surface area contributed by atoms with Crippen molar-refractivity contribution >= 4 is 17.7 Å². The van der Waals surface area contributed by atoms with E-state index in [1.807, 2.05) is 44.2 Å². The number of nitrogens with zero attached hydrogens (tertiary/aromatic N) is 1. The number of fused-ring (bicyclic) bond motifs is 2. The molecule has 1 unspecified atom stereocenters. The minimum Gasteiger partial charge on any atom is -0.497 e. The minimum absolute atomic E-state index is 0.0909. The van der Waals surface area contributed by atoms with Gasteiger partial charge in [-0.05, 0) is 38.8 Å². The van der Waals surface area contributed by atoms with Gasteiger partial charge in [0.1, 0.15) is 17.1 Å². The molecule has 0 spiro atoms. The smallest absolute Gasteiger partial charge is 0.233 e. The average molecular weight is 412 g/mol. The molecule has 1 aromatic carbocycles. The van der Waals surface area contributed by atoms with Gasteiger partial charge in [-0.1, -0.05) is 12.2 Å². The number of carbonyl (C=O) groups excluding carboxylic acids is 3. The highest BCUT2D eigenvalue weighted by Crippen LogP contribution is 2.41. The first-order chi connectivity index (χ1) is 14.3. The molecule has 3 amide bonds. The molecule has 1 saturated heterocycles. The fraction of sp³-hybridized carbons (Fsp3) is 0.522. The zero-order chi connectivity index (χ0) is 21.5. The maximum absolute atomic E-state index is 12.7. The van der Waals surface area contributed by atoms with Gasteiger partial charge in [-0.15, -0.1) is 0 Å². The number of allylic oxidation sites excluding steroid dienone is 2. The molecule has 30 heavy (non-hydrogen) atoms. The van der Waals surface area contributed by atoms with Crippen LogP contribution < -0.4 is 14.8 Å². The zero-order valence-corrected chi connectivity index (χ0v) is 17.6. The normalized spacial score (nSPS) is 26.6. The topological polar surface area (TPSA) is 84.9 Å². The van der Waals surface area contributed by atoms with E-state index in [9.17, 15) is 14.4 Å². The molecule has 0 saturated carbocycles. The van der Waals surface area contributed by atoms with Crippen molar-refractivity contribution in [3.05, 3.63) is 35.9 Å². The van der Waals surface area contributed by atoms with E-state index in [-0.39, 0.29) is 48.6 Å². The number of likely N-dealkylation sites (tertiary alicyclic amines) is 1. The van der Waals surface area contributed by atoms with Crippen LogP contribution in [0, 0.1) is 11.8 Å². The molecule has 1 fully saturated rings. The molecule has 0 aromatic heterocycles. The molecule has 2 aliphatic heterocycles. The molecule has 1 aliphatic carbocycles. The molecule has 3 aliphatic rings. The van der Waals surface area contributed by atoms with E-state index in [1.54, 1.807) is 7.11 Å². The SMILES string of the molecule is COc1ccc2c(c1)OC(C)(C)CC2NC(=O)CCN1C(=O)[C@H]2CC=CC[C@H]2C1=O. The van der Waals surface area contributed by atoms with Crippen LogP contribution in [0.2, 0.25) is 0 Å². The monoisotopic (exact) mass is 412 g/mol. The summed E-state index contributed by atoms with van der Waals surface area (Å²) in [4.78, 5) is 39.1. The number of carbonyl (C=O) groups is 3. The van der Waals surface area contributed by atoms with Gasteiger partial charge in [0.05, 0.1) is 25.0 Å². The molecular formula is C23H28N2O5. The van der Waals surface area contributed by atoms with Crippen molar-refractivity contribution in [2.75, 3.05) is 13.7 Å². The predicted octanol–water partition coefficient (Wildman–Crippen LogP) is 2.75. The molecular weight excluding hydrogens is 384 g/mol. The number of benzene rings is 1. The van der Waals surface area contributed by atoms with E-state index in [1.165, 1.54) is 4.90 Å². The number of hydrogen-bond acceptors (Lipinski definition) is 5. The summed E-state index contributed by atoms with van der Waals surface area (Å²) in [6.45, 7) is 4.08. The van der Waals surface area contributed by atoms with E-state index in [0.717, 1.165) is 5.56 Å². The fourth-order valence-corrected chi connectivity index (χ4v) is 4.66. The zero-order valence-electron chi connectivity index (χ0n) is 17.6. The first kappa shape index (κ1) is 20.4. The standard InChI is InChI=1S/C23H28N2O5/c1-23(2)13-18(17-9-8-14(29-3)12-19(17)30-23)24-20(26)10-11-25-21(27)15-6-4-5-7-16(15)22(25)28/h4-5,8-9,12,15-16,18H,6-7,10-11,13H2,1-3H3,(H,24,26)/t15-,16+,18?. The molecule has 2 heterocycles. The van der Waals surface area contributed by atoms with Gasteiger partial charge in [-0.25, -0.2) is 0 Å². The Labute approximate surface area is 176 Å². The van der Waals surface area contributed by atoms with Gasteiger partial charge in [0.25, 0.3) is 0 Å². The quantitative estimate of drug-likeness (QED) is 0.594. The van der Waals surface area contributed by atoms with E-state index < -0.39 is 5.60 Å². The van der Waals surface area contributed by atoms with E-state index >= 15 is 0 Å². The fourth-order valence-electron chi connectivity index (χ4n) is 4.66. The second-order valence-corrected chi connectivity index (χ2v) is 8.82. The number of imide groups is 1. The molecule has 160 valence electrons. The Morgan fingerprint density at radius 3 is 2.50 bits per heavy atom. The largest absolute Gasteiger partial charge is 0.497 e. The Kier molecular flexibility index (Phi) is 5.30. The minimum atomic E-state index is -0.444. The van der Waals surface area contributed by atoms with E-state index in [4.69, 9.17) is 9.47 Å². The van der Waals surface area contributed by atoms with Crippen molar-refractivity contribution in [1.82, 2.24) is 10.2 Å². The van der Waals surface area contributed by atoms with Crippen molar-refractivity contribution in [2.24, 2.45) is 11.8 Å². The van der Waals surface area contributed by atoms with Crippen molar-refractivity contribution < 1.29 is 23.9 Å². The Bertz CT molecular complexity index is 881. The summed E-state index contributed by atoms with van der Waals surface area (Å²) in [5, 5.41) is 3.06. The van der Waals surface area contributed by atoms with Gasteiger partial charge >= 0.3 is 0 Å². The third-order valence-corrected chi connectivity index (χ3v) is 6.17. The lowest BCUT2D eigenvalue weighted by molar-refractivity contribution is -0.140. The highest BCUT2D eigenvalue weighted by atomic mass is 16.5. The van der Waals surface area contributed by atoms with Gasteiger partial charge in [0, 0.05) is 31.0 Å². The number of amides is 3. The lowest BCUT2D eigenvalue weighted by Gasteiger charge is -2.38. The van der Waals surface area contributed by atoms with Crippen LogP contribution >= 0.6 is 0 Å². The van der Waals surface area contributed by atoms with Crippen LogP contribution in [0.1, 0.15) is 51.1 Å². The lowest BCUT2D eigenvalue weighted by atomic mass is 9.85. The number of ether oxygens (including phenoxy) is 2. The molecule has 4 rings (SSSR count). The van der Waals surface area contributed by atoms with Gasteiger partial charge in [-0.3, -0.25) is 19.3 Å². The molecule has 1 N–H and O–H groups in total. The van der Waals surface area contributed by atoms with E-state index in [2.05, 4.69) is 5.32 Å². The Morgan fingerprint density at radius 1 is 1.20 bits per heavy atom. The van der Waals surface area contributed by atoms with Crippen LogP contribution in [0.4, 0.5) is 0 Å². The first-order valence-corrected chi connectivity index (χ1v) is 10.5. The van der Waals surface area contributed by atoms with Crippen molar-refractivity contribution in [3.8, 4) is 11.5 Å². The number of methoxy groups -OCH3 is 1. The highest BCUT2D eigenvalue weighted by Gasteiger charge is 2.47. The number of rotatable bonds is 5. The van der Waals surface area contributed by atoms with Crippen LogP contribution in [0.3, 0.4) is 0 Å². The van der Waals surface area contributed by atoms with Crippen molar-refractivity contribution in [1.29, 1.82) is 0 Å². The summed E-state index contributed by atoms with van der Waals surface area (Å²) < 4.78 is 11.3. The second kappa shape index (κ2) is 7.78. The summed E-state index contributed by atoms with van der Waals surface area (Å²) in [5.74, 6) is 0.384.